The second-order valence-corrected chi connectivity index (χ2v) is 9.94. The molecular weight excluding hydrogens is 424 g/mol. The molecule has 1 aliphatic rings. The topological polar surface area (TPSA) is 75.7 Å². The molecule has 1 saturated heterocycles. The van der Waals surface area contributed by atoms with Gasteiger partial charge in [0, 0.05) is 29.6 Å². The third-order valence-corrected chi connectivity index (χ3v) is 7.51. The van der Waals surface area contributed by atoms with E-state index in [0.717, 1.165) is 11.3 Å². The summed E-state index contributed by atoms with van der Waals surface area (Å²) in [7, 11) is -1.85. The van der Waals surface area contributed by atoms with Gasteiger partial charge in [-0.25, -0.2) is 12.7 Å². The summed E-state index contributed by atoms with van der Waals surface area (Å²) in [6, 6.07) is 14.3. The van der Waals surface area contributed by atoms with Crippen LogP contribution in [0.5, 0.6) is 5.75 Å². The number of carbonyl (C=O) groups is 1. The van der Waals surface area contributed by atoms with Gasteiger partial charge in [-0.2, -0.15) is 0 Å². The van der Waals surface area contributed by atoms with Crippen LogP contribution in [0.4, 0.5) is 0 Å². The SMILES string of the molecule is COc1ccccc1C(C)NC(=O)C1CCN(S(=O)(=O)Cc2cccc(Cl)c2)CC1. The monoisotopic (exact) mass is 450 g/mol. The van der Waals surface area contributed by atoms with Crippen molar-refractivity contribution in [2.75, 3.05) is 20.2 Å². The van der Waals surface area contributed by atoms with E-state index in [1.165, 1.54) is 4.31 Å². The second-order valence-electron chi connectivity index (χ2n) is 7.53. The molecular formula is C22H27ClN2O4S. The number of benzene rings is 2. The summed E-state index contributed by atoms with van der Waals surface area (Å²) in [4.78, 5) is 12.7. The van der Waals surface area contributed by atoms with E-state index in [1.54, 1.807) is 31.4 Å². The number of hydrogen-bond donors (Lipinski definition) is 1. The molecule has 2 aromatic rings. The Bertz CT molecular complexity index is 988. The first-order chi connectivity index (χ1) is 14.3. The molecule has 0 aliphatic carbocycles. The molecule has 3 rings (SSSR count). The number of nitrogens with one attached hydrogen (secondary N) is 1. The highest BCUT2D eigenvalue weighted by Gasteiger charge is 2.31. The van der Waals surface area contributed by atoms with E-state index in [2.05, 4.69) is 5.32 Å². The van der Waals surface area contributed by atoms with Crippen molar-refractivity contribution in [2.45, 2.75) is 31.6 Å². The van der Waals surface area contributed by atoms with Gasteiger partial charge in [0.25, 0.3) is 0 Å². The number of halogens is 1. The van der Waals surface area contributed by atoms with Gasteiger partial charge in [0.15, 0.2) is 0 Å². The summed E-state index contributed by atoms with van der Waals surface area (Å²) in [5.74, 6) is 0.377. The average Bonchev–Trinajstić information content (AvgIpc) is 2.73. The quantitative estimate of drug-likeness (QED) is 0.696. The number of piperidine rings is 1. The molecule has 30 heavy (non-hydrogen) atoms. The Kier molecular flexibility index (Phi) is 7.39. The predicted octanol–water partition coefficient (Wildman–Crippen LogP) is 3.77. The van der Waals surface area contributed by atoms with E-state index in [4.69, 9.17) is 16.3 Å². The molecule has 162 valence electrons. The number of methoxy groups -OCH3 is 1. The maximum atomic E-state index is 12.7. The first-order valence-corrected chi connectivity index (χ1v) is 11.9. The Balaban J connectivity index is 1.56. The summed E-state index contributed by atoms with van der Waals surface area (Å²) in [5.41, 5.74) is 1.57. The van der Waals surface area contributed by atoms with Gasteiger partial charge in [-0.15, -0.1) is 0 Å². The van der Waals surface area contributed by atoms with Crippen molar-refractivity contribution >= 4 is 27.5 Å². The van der Waals surface area contributed by atoms with Crippen molar-refractivity contribution < 1.29 is 17.9 Å². The number of nitrogens with zero attached hydrogens (tertiary/aromatic N) is 1. The minimum Gasteiger partial charge on any atom is -0.496 e. The van der Waals surface area contributed by atoms with Crippen LogP contribution in [0.15, 0.2) is 48.5 Å². The minimum absolute atomic E-state index is 0.0553. The van der Waals surface area contributed by atoms with Crippen molar-refractivity contribution in [3.05, 3.63) is 64.7 Å². The number of hydrogen-bond acceptors (Lipinski definition) is 4. The van der Waals surface area contributed by atoms with Crippen molar-refractivity contribution in [1.29, 1.82) is 0 Å². The number of carbonyl (C=O) groups excluding carboxylic acids is 1. The summed E-state index contributed by atoms with van der Waals surface area (Å²) in [6.07, 6.45) is 0.999. The van der Waals surface area contributed by atoms with E-state index < -0.39 is 10.0 Å². The molecule has 1 N–H and O–H groups in total. The second kappa shape index (κ2) is 9.81. The van der Waals surface area contributed by atoms with Crippen LogP contribution in [0.1, 0.15) is 36.9 Å². The predicted molar refractivity (Wildman–Crippen MR) is 118 cm³/mol. The van der Waals surface area contributed by atoms with Gasteiger partial charge in [0.05, 0.1) is 18.9 Å². The molecule has 1 heterocycles. The van der Waals surface area contributed by atoms with Crippen LogP contribution in [0.25, 0.3) is 0 Å². The zero-order chi connectivity index (χ0) is 21.7. The number of amides is 1. The standard InChI is InChI=1S/C22H27ClN2O4S/c1-16(20-8-3-4-9-21(20)29-2)24-22(26)18-10-12-25(13-11-18)30(27,28)15-17-6-5-7-19(23)14-17/h3-9,14,16,18H,10-13,15H2,1-2H3,(H,24,26). The van der Waals surface area contributed by atoms with Gasteiger partial charge in [-0.3, -0.25) is 4.79 Å². The third-order valence-electron chi connectivity index (χ3n) is 5.42. The Morgan fingerprint density at radius 2 is 1.90 bits per heavy atom. The molecule has 0 saturated carbocycles. The van der Waals surface area contributed by atoms with Crippen molar-refractivity contribution in [3.63, 3.8) is 0 Å². The largest absolute Gasteiger partial charge is 0.496 e. The van der Waals surface area contributed by atoms with E-state index in [1.807, 2.05) is 31.2 Å². The normalized spacial score (nSPS) is 16.8. The van der Waals surface area contributed by atoms with Crippen LogP contribution >= 0.6 is 11.6 Å². The zero-order valence-corrected chi connectivity index (χ0v) is 18.7. The van der Waals surface area contributed by atoms with Gasteiger partial charge in [0.1, 0.15) is 5.75 Å². The van der Waals surface area contributed by atoms with Gasteiger partial charge in [0.2, 0.25) is 15.9 Å². The van der Waals surface area contributed by atoms with Crippen LogP contribution in [-0.2, 0) is 20.6 Å². The highest BCUT2D eigenvalue weighted by molar-refractivity contribution is 7.88. The lowest BCUT2D eigenvalue weighted by molar-refractivity contribution is -0.126. The molecule has 0 bridgehead atoms. The molecule has 1 aliphatic heterocycles. The number of ether oxygens (including phenoxy) is 1. The average molecular weight is 451 g/mol. The molecule has 1 fully saturated rings. The molecule has 6 nitrogen and oxygen atoms in total. The summed E-state index contributed by atoms with van der Waals surface area (Å²) in [5, 5.41) is 3.55. The number of sulfonamides is 1. The van der Waals surface area contributed by atoms with Crippen LogP contribution in [0, 0.1) is 5.92 Å². The molecule has 1 unspecified atom stereocenters. The van der Waals surface area contributed by atoms with Crippen molar-refractivity contribution in [1.82, 2.24) is 9.62 Å². The zero-order valence-electron chi connectivity index (χ0n) is 17.2. The molecule has 2 aromatic carbocycles. The summed E-state index contributed by atoms with van der Waals surface area (Å²) >= 11 is 5.96. The van der Waals surface area contributed by atoms with E-state index in [0.29, 0.717) is 36.5 Å². The summed E-state index contributed by atoms with van der Waals surface area (Å²) in [6.45, 7) is 2.59. The van der Waals surface area contributed by atoms with E-state index in [-0.39, 0.29) is 23.6 Å². The number of para-hydroxylation sites is 1. The fraction of sp³-hybridized carbons (Fsp3) is 0.409. The van der Waals surface area contributed by atoms with Gasteiger partial charge in [-0.1, -0.05) is 41.9 Å². The third kappa shape index (κ3) is 5.53. The van der Waals surface area contributed by atoms with Crippen molar-refractivity contribution in [2.24, 2.45) is 5.92 Å². The van der Waals surface area contributed by atoms with Gasteiger partial charge < -0.3 is 10.1 Å². The first-order valence-electron chi connectivity index (χ1n) is 9.95. The summed E-state index contributed by atoms with van der Waals surface area (Å²) < 4.78 is 32.3. The Morgan fingerprint density at radius 3 is 2.57 bits per heavy atom. The van der Waals surface area contributed by atoms with Crippen LogP contribution in [-0.4, -0.2) is 38.8 Å². The highest BCUT2D eigenvalue weighted by Crippen LogP contribution is 2.27. The Hall–Kier alpha value is -2.09. The molecule has 0 spiro atoms. The molecule has 1 atom stereocenters. The van der Waals surface area contributed by atoms with Crippen molar-refractivity contribution in [3.8, 4) is 5.75 Å². The smallest absolute Gasteiger partial charge is 0.223 e. The lowest BCUT2D eigenvalue weighted by atomic mass is 9.96. The fourth-order valence-electron chi connectivity index (χ4n) is 3.76. The maximum Gasteiger partial charge on any atom is 0.223 e. The van der Waals surface area contributed by atoms with E-state index >= 15 is 0 Å². The first kappa shape index (κ1) is 22.6. The molecule has 0 radical (unpaired) electrons. The number of rotatable bonds is 7. The lowest BCUT2D eigenvalue weighted by Gasteiger charge is -2.31. The molecule has 0 aromatic heterocycles. The van der Waals surface area contributed by atoms with Crippen LogP contribution in [0.3, 0.4) is 0 Å². The maximum absolute atomic E-state index is 12.7. The fourth-order valence-corrected chi connectivity index (χ4v) is 5.52. The van der Waals surface area contributed by atoms with E-state index in [9.17, 15) is 13.2 Å². The Labute approximate surface area is 183 Å². The molecule has 1 amide bonds. The lowest BCUT2D eigenvalue weighted by Crippen LogP contribution is -2.43. The van der Waals surface area contributed by atoms with Gasteiger partial charge in [-0.05, 0) is 43.5 Å². The Morgan fingerprint density at radius 1 is 1.20 bits per heavy atom. The van der Waals surface area contributed by atoms with Crippen LogP contribution in [0.2, 0.25) is 5.02 Å². The highest BCUT2D eigenvalue weighted by atomic mass is 35.5. The van der Waals surface area contributed by atoms with Gasteiger partial charge >= 0.3 is 0 Å². The van der Waals surface area contributed by atoms with Crippen LogP contribution < -0.4 is 10.1 Å². The minimum atomic E-state index is -3.45. The molecule has 8 heteroatoms.